The molecule has 0 aromatic carbocycles. The smallest absolute Gasteiger partial charge is 0.277 e. The predicted molar refractivity (Wildman–Crippen MR) is 49.3 cm³/mol. The van der Waals surface area contributed by atoms with Crippen molar-refractivity contribution in [1.82, 2.24) is 15.6 Å². The van der Waals surface area contributed by atoms with Crippen LogP contribution in [-0.4, -0.2) is 29.3 Å². The van der Waals surface area contributed by atoms with Crippen molar-refractivity contribution >= 4 is 11.7 Å². The van der Waals surface area contributed by atoms with Gasteiger partial charge in [-0.2, -0.15) is 0 Å². The van der Waals surface area contributed by atoms with Gasteiger partial charge >= 0.3 is 0 Å². The molecule has 14 heavy (non-hydrogen) atoms. The highest BCUT2D eigenvalue weighted by molar-refractivity contribution is 5.95. The van der Waals surface area contributed by atoms with E-state index in [1.54, 1.807) is 0 Å². The standard InChI is InChI=1S/C7H13N5O2/c8-3-1-2-4-10-7(13)5-6(9)12-14-11-5/h1-4,8H2,(H2,9,12)(H,10,13). The van der Waals surface area contributed by atoms with Gasteiger partial charge in [-0.05, 0) is 29.7 Å². The summed E-state index contributed by atoms with van der Waals surface area (Å²) in [6.45, 7) is 1.16. The lowest BCUT2D eigenvalue weighted by Gasteiger charge is -2.00. The average Bonchev–Trinajstić information content (AvgIpc) is 2.59. The Hall–Kier alpha value is -1.63. The SMILES string of the molecule is NCCCCNC(=O)c1nonc1N. The number of carbonyl (C=O) groups is 1. The highest BCUT2D eigenvalue weighted by Gasteiger charge is 2.14. The number of rotatable bonds is 5. The van der Waals surface area contributed by atoms with Gasteiger partial charge in [0.05, 0.1) is 0 Å². The molecule has 0 unspecified atom stereocenters. The maximum absolute atomic E-state index is 11.3. The fourth-order valence-electron chi connectivity index (χ4n) is 0.908. The van der Waals surface area contributed by atoms with E-state index in [2.05, 4.69) is 20.3 Å². The van der Waals surface area contributed by atoms with Gasteiger partial charge < -0.3 is 16.8 Å². The number of carbonyl (C=O) groups excluding carboxylic acids is 1. The highest BCUT2D eigenvalue weighted by atomic mass is 16.6. The van der Waals surface area contributed by atoms with E-state index in [-0.39, 0.29) is 17.4 Å². The largest absolute Gasteiger partial charge is 0.379 e. The zero-order chi connectivity index (χ0) is 10.4. The first kappa shape index (κ1) is 10.5. The first-order chi connectivity index (χ1) is 6.75. The minimum Gasteiger partial charge on any atom is -0.379 e. The molecule has 78 valence electrons. The Morgan fingerprint density at radius 2 is 2.21 bits per heavy atom. The normalized spacial score (nSPS) is 10.1. The Balaban J connectivity index is 2.32. The molecule has 0 saturated heterocycles. The van der Waals surface area contributed by atoms with Gasteiger partial charge in [0.2, 0.25) is 11.5 Å². The minimum atomic E-state index is -0.374. The molecule has 0 spiro atoms. The molecule has 1 heterocycles. The van der Waals surface area contributed by atoms with Crippen LogP contribution in [0.4, 0.5) is 5.82 Å². The van der Waals surface area contributed by atoms with Crippen LogP contribution in [0.3, 0.4) is 0 Å². The summed E-state index contributed by atoms with van der Waals surface area (Å²) in [7, 11) is 0. The number of hydrogen-bond donors (Lipinski definition) is 3. The number of nitrogens with one attached hydrogen (secondary N) is 1. The van der Waals surface area contributed by atoms with Crippen LogP contribution in [0, 0.1) is 0 Å². The molecule has 1 amide bonds. The molecule has 1 aromatic rings. The lowest BCUT2D eigenvalue weighted by molar-refractivity contribution is 0.0944. The molecule has 0 atom stereocenters. The Labute approximate surface area is 80.8 Å². The highest BCUT2D eigenvalue weighted by Crippen LogP contribution is 2.02. The molecular formula is C7H13N5O2. The van der Waals surface area contributed by atoms with Crippen molar-refractivity contribution in [2.45, 2.75) is 12.8 Å². The molecule has 5 N–H and O–H groups in total. The maximum Gasteiger partial charge on any atom is 0.277 e. The molecule has 0 radical (unpaired) electrons. The zero-order valence-electron chi connectivity index (χ0n) is 7.69. The van der Waals surface area contributed by atoms with Gasteiger partial charge in [-0.3, -0.25) is 4.79 Å². The van der Waals surface area contributed by atoms with Gasteiger partial charge in [0.25, 0.3) is 5.91 Å². The maximum atomic E-state index is 11.3. The van der Waals surface area contributed by atoms with Crippen LogP contribution in [0.1, 0.15) is 23.3 Å². The number of nitrogens with two attached hydrogens (primary N) is 2. The second kappa shape index (κ2) is 5.18. The number of nitrogens with zero attached hydrogens (tertiary/aromatic N) is 2. The minimum absolute atomic E-state index is 0.00123. The summed E-state index contributed by atoms with van der Waals surface area (Å²) in [6, 6.07) is 0. The van der Waals surface area contributed by atoms with Crippen molar-refractivity contribution in [3.63, 3.8) is 0 Å². The molecule has 1 rings (SSSR count). The molecule has 0 saturated carbocycles. The van der Waals surface area contributed by atoms with Crippen LogP contribution in [0.2, 0.25) is 0 Å². The lowest BCUT2D eigenvalue weighted by atomic mass is 10.3. The van der Waals surface area contributed by atoms with E-state index in [4.69, 9.17) is 11.5 Å². The summed E-state index contributed by atoms with van der Waals surface area (Å²) in [5.74, 6) is -0.373. The first-order valence-corrected chi connectivity index (χ1v) is 4.32. The number of aromatic nitrogens is 2. The van der Waals surface area contributed by atoms with Crippen molar-refractivity contribution in [1.29, 1.82) is 0 Å². The summed E-state index contributed by atoms with van der Waals surface area (Å²) in [5.41, 5.74) is 10.6. The van der Waals surface area contributed by atoms with Crippen molar-refractivity contribution < 1.29 is 9.42 Å². The van der Waals surface area contributed by atoms with Gasteiger partial charge in [-0.1, -0.05) is 0 Å². The zero-order valence-corrected chi connectivity index (χ0v) is 7.69. The van der Waals surface area contributed by atoms with E-state index < -0.39 is 0 Å². The third-order valence-electron chi connectivity index (χ3n) is 1.65. The van der Waals surface area contributed by atoms with E-state index in [0.717, 1.165) is 12.8 Å². The average molecular weight is 199 g/mol. The number of nitrogen functional groups attached to an aromatic ring is 1. The summed E-state index contributed by atoms with van der Waals surface area (Å²) < 4.78 is 4.29. The van der Waals surface area contributed by atoms with Gasteiger partial charge in [0, 0.05) is 6.54 Å². The van der Waals surface area contributed by atoms with Crippen molar-refractivity contribution in [2.75, 3.05) is 18.8 Å². The van der Waals surface area contributed by atoms with Gasteiger partial charge in [0.1, 0.15) is 0 Å². The Morgan fingerprint density at radius 3 is 2.79 bits per heavy atom. The monoisotopic (exact) mass is 199 g/mol. The topological polar surface area (TPSA) is 120 Å². The molecular weight excluding hydrogens is 186 g/mol. The summed E-state index contributed by atoms with van der Waals surface area (Å²) in [6.07, 6.45) is 1.69. The molecule has 0 aliphatic heterocycles. The lowest BCUT2D eigenvalue weighted by Crippen LogP contribution is -2.26. The summed E-state index contributed by atoms with van der Waals surface area (Å²) in [4.78, 5) is 11.3. The fourth-order valence-corrected chi connectivity index (χ4v) is 0.908. The molecule has 1 aromatic heterocycles. The van der Waals surface area contributed by atoms with Crippen LogP contribution in [0.15, 0.2) is 4.63 Å². The second-order valence-corrected chi connectivity index (χ2v) is 2.75. The van der Waals surface area contributed by atoms with Gasteiger partial charge in [0.15, 0.2) is 0 Å². The number of hydrogen-bond acceptors (Lipinski definition) is 6. The van der Waals surface area contributed by atoms with Crippen LogP contribution in [-0.2, 0) is 0 Å². The van der Waals surface area contributed by atoms with E-state index in [9.17, 15) is 4.79 Å². The second-order valence-electron chi connectivity index (χ2n) is 2.75. The summed E-state index contributed by atoms with van der Waals surface area (Å²) in [5, 5.41) is 9.28. The third kappa shape index (κ3) is 2.70. The van der Waals surface area contributed by atoms with Gasteiger partial charge in [-0.15, -0.1) is 0 Å². The molecule has 0 bridgehead atoms. The van der Waals surface area contributed by atoms with E-state index in [1.165, 1.54) is 0 Å². The van der Waals surface area contributed by atoms with Crippen LogP contribution in [0.25, 0.3) is 0 Å². The van der Waals surface area contributed by atoms with E-state index in [1.807, 2.05) is 0 Å². The molecule has 0 fully saturated rings. The van der Waals surface area contributed by atoms with Crippen LogP contribution >= 0.6 is 0 Å². The van der Waals surface area contributed by atoms with Crippen LogP contribution in [0.5, 0.6) is 0 Å². The van der Waals surface area contributed by atoms with Crippen molar-refractivity contribution in [3.05, 3.63) is 5.69 Å². The molecule has 7 heteroatoms. The summed E-state index contributed by atoms with van der Waals surface area (Å²) >= 11 is 0. The number of amides is 1. The fraction of sp³-hybridized carbons (Fsp3) is 0.571. The molecule has 0 aliphatic carbocycles. The van der Waals surface area contributed by atoms with E-state index >= 15 is 0 Å². The predicted octanol–water partition coefficient (Wildman–Crippen LogP) is -0.879. The Kier molecular flexibility index (Phi) is 3.86. The van der Waals surface area contributed by atoms with Crippen molar-refractivity contribution in [3.8, 4) is 0 Å². The van der Waals surface area contributed by atoms with Crippen molar-refractivity contribution in [2.24, 2.45) is 5.73 Å². The number of unbranched alkanes of at least 4 members (excludes halogenated alkanes) is 1. The quantitative estimate of drug-likeness (QED) is 0.529. The molecule has 0 aliphatic rings. The van der Waals surface area contributed by atoms with E-state index in [0.29, 0.717) is 13.1 Å². The number of anilines is 1. The third-order valence-corrected chi connectivity index (χ3v) is 1.65. The van der Waals surface area contributed by atoms with Crippen LogP contribution < -0.4 is 16.8 Å². The van der Waals surface area contributed by atoms with Gasteiger partial charge in [-0.25, -0.2) is 4.63 Å². The Bertz CT molecular complexity index is 298. The Morgan fingerprint density at radius 1 is 1.43 bits per heavy atom. The first-order valence-electron chi connectivity index (χ1n) is 4.32. The molecule has 7 nitrogen and oxygen atoms in total.